The Bertz CT molecular complexity index is 797. The fraction of sp³-hybridized carbons (Fsp3) is 0.312. The van der Waals surface area contributed by atoms with Gasteiger partial charge in [-0.3, -0.25) is 0 Å². The highest BCUT2D eigenvalue weighted by Gasteiger charge is 2.16. The molecule has 1 aromatic carbocycles. The fourth-order valence-corrected chi connectivity index (χ4v) is 3.94. The molecule has 0 fully saturated rings. The second-order valence-corrected chi connectivity index (χ2v) is 6.90. The minimum Gasteiger partial charge on any atom is -0.496 e. The van der Waals surface area contributed by atoms with Crippen molar-refractivity contribution in [3.63, 3.8) is 0 Å². The minimum atomic E-state index is 0.800. The largest absolute Gasteiger partial charge is 0.496 e. The van der Waals surface area contributed by atoms with Gasteiger partial charge in [-0.05, 0) is 26.0 Å². The molecular weight excluding hydrogens is 328 g/mol. The zero-order valence-electron chi connectivity index (χ0n) is 13.3. The van der Waals surface area contributed by atoms with Gasteiger partial charge in [0.2, 0.25) is 0 Å². The zero-order valence-corrected chi connectivity index (χ0v) is 14.9. The highest BCUT2D eigenvalue weighted by Crippen LogP contribution is 2.31. The topological polar surface area (TPSA) is 52.8 Å². The molecule has 120 valence electrons. The molecule has 0 bridgehead atoms. The van der Waals surface area contributed by atoms with Crippen LogP contribution in [0.2, 0.25) is 0 Å². The van der Waals surface area contributed by atoms with Crippen LogP contribution in [0.15, 0.2) is 34.8 Å². The van der Waals surface area contributed by atoms with E-state index >= 15 is 0 Å². The van der Waals surface area contributed by atoms with E-state index in [2.05, 4.69) is 32.1 Å². The molecule has 0 amide bonds. The van der Waals surface area contributed by atoms with Crippen LogP contribution in [0.4, 0.5) is 0 Å². The molecule has 5 nitrogen and oxygen atoms in total. The molecule has 2 heterocycles. The quantitative estimate of drug-likeness (QED) is 0.631. The van der Waals surface area contributed by atoms with Crippen molar-refractivity contribution in [3.8, 4) is 17.1 Å². The fourth-order valence-electron chi connectivity index (χ4n) is 2.32. The summed E-state index contributed by atoms with van der Waals surface area (Å²) in [6.07, 6.45) is 0. The van der Waals surface area contributed by atoms with E-state index in [4.69, 9.17) is 4.74 Å². The maximum atomic E-state index is 5.44. The molecule has 0 saturated heterocycles. The molecule has 0 aliphatic heterocycles. The van der Waals surface area contributed by atoms with Crippen LogP contribution < -0.4 is 4.74 Å². The molecule has 3 aromatic rings. The summed E-state index contributed by atoms with van der Waals surface area (Å²) in [6.45, 7) is 4.92. The van der Waals surface area contributed by atoms with Gasteiger partial charge in [0.15, 0.2) is 11.0 Å². The lowest BCUT2D eigenvalue weighted by Gasteiger charge is -2.10. The summed E-state index contributed by atoms with van der Waals surface area (Å²) < 4.78 is 7.56. The lowest BCUT2D eigenvalue weighted by molar-refractivity contribution is 0.416. The Morgan fingerprint density at radius 3 is 2.78 bits per heavy atom. The van der Waals surface area contributed by atoms with E-state index in [0.29, 0.717) is 0 Å². The van der Waals surface area contributed by atoms with Crippen molar-refractivity contribution >= 4 is 23.1 Å². The second kappa shape index (κ2) is 7.14. The van der Waals surface area contributed by atoms with Crippen molar-refractivity contribution < 1.29 is 4.74 Å². The standard InChI is InChI=1S/C16H18N4OS2/c1-4-20-15(13-7-5-6-8-14(13)21-3)18-19-16(20)23-10-12-9-22-11(2)17-12/h5-9H,4,10H2,1-3H3. The summed E-state index contributed by atoms with van der Waals surface area (Å²) in [4.78, 5) is 4.49. The number of para-hydroxylation sites is 1. The molecule has 23 heavy (non-hydrogen) atoms. The van der Waals surface area contributed by atoms with Gasteiger partial charge in [0.25, 0.3) is 0 Å². The number of hydrogen-bond donors (Lipinski definition) is 0. The van der Waals surface area contributed by atoms with Crippen molar-refractivity contribution in [1.29, 1.82) is 0 Å². The molecule has 0 aliphatic rings. The highest BCUT2D eigenvalue weighted by atomic mass is 32.2. The van der Waals surface area contributed by atoms with Gasteiger partial charge >= 0.3 is 0 Å². The van der Waals surface area contributed by atoms with Crippen LogP contribution in [0.25, 0.3) is 11.4 Å². The van der Waals surface area contributed by atoms with E-state index in [9.17, 15) is 0 Å². The van der Waals surface area contributed by atoms with Crippen LogP contribution in [-0.2, 0) is 12.3 Å². The number of rotatable bonds is 6. The molecule has 3 rings (SSSR count). The first kappa shape index (κ1) is 16.0. The summed E-state index contributed by atoms with van der Waals surface area (Å²) in [7, 11) is 1.67. The summed E-state index contributed by atoms with van der Waals surface area (Å²) in [5.41, 5.74) is 2.04. The third-order valence-corrected chi connectivity index (χ3v) is 5.22. The van der Waals surface area contributed by atoms with Crippen LogP contribution >= 0.6 is 23.1 Å². The molecule has 0 saturated carbocycles. The Morgan fingerprint density at radius 1 is 1.26 bits per heavy atom. The van der Waals surface area contributed by atoms with Gasteiger partial charge in [-0.15, -0.1) is 21.5 Å². The van der Waals surface area contributed by atoms with Gasteiger partial charge < -0.3 is 9.30 Å². The van der Waals surface area contributed by atoms with Gasteiger partial charge in [-0.1, -0.05) is 23.9 Å². The smallest absolute Gasteiger partial charge is 0.191 e. The van der Waals surface area contributed by atoms with Crippen LogP contribution in [0.5, 0.6) is 5.75 Å². The Labute approximate surface area is 143 Å². The molecule has 2 aromatic heterocycles. The van der Waals surface area contributed by atoms with Crippen molar-refractivity contribution in [2.75, 3.05) is 7.11 Å². The number of aryl methyl sites for hydroxylation is 1. The Morgan fingerprint density at radius 2 is 2.09 bits per heavy atom. The van der Waals surface area contributed by atoms with Crippen molar-refractivity contribution in [2.24, 2.45) is 0 Å². The number of benzene rings is 1. The van der Waals surface area contributed by atoms with Crippen LogP contribution in [0.3, 0.4) is 0 Å². The molecule has 0 N–H and O–H groups in total. The Balaban J connectivity index is 1.87. The molecule has 0 spiro atoms. The number of thiazole rings is 1. The summed E-state index contributed by atoms with van der Waals surface area (Å²) in [5.74, 6) is 2.44. The van der Waals surface area contributed by atoms with E-state index in [1.165, 1.54) is 0 Å². The number of hydrogen-bond acceptors (Lipinski definition) is 6. The average Bonchev–Trinajstić information content (AvgIpc) is 3.18. The SMILES string of the molecule is CCn1c(SCc2csc(C)n2)nnc1-c1ccccc1OC. The molecule has 0 unspecified atom stereocenters. The number of methoxy groups -OCH3 is 1. The third-order valence-electron chi connectivity index (χ3n) is 3.40. The van der Waals surface area contributed by atoms with Gasteiger partial charge in [-0.2, -0.15) is 0 Å². The van der Waals surface area contributed by atoms with Crippen LogP contribution in [-0.4, -0.2) is 26.9 Å². The number of thioether (sulfide) groups is 1. The summed E-state index contributed by atoms with van der Waals surface area (Å²) in [5, 5.41) is 12.8. The van der Waals surface area contributed by atoms with Gasteiger partial charge in [0, 0.05) is 17.7 Å². The van der Waals surface area contributed by atoms with Crippen molar-refractivity contribution in [3.05, 3.63) is 40.3 Å². The maximum Gasteiger partial charge on any atom is 0.191 e. The van der Waals surface area contributed by atoms with Gasteiger partial charge in [-0.25, -0.2) is 4.98 Å². The molecule has 0 atom stereocenters. The molecular formula is C16H18N4OS2. The number of ether oxygens (including phenoxy) is 1. The maximum absolute atomic E-state index is 5.44. The first-order valence-electron chi connectivity index (χ1n) is 7.33. The predicted octanol–water partition coefficient (Wildman–Crippen LogP) is 4.03. The number of aromatic nitrogens is 4. The molecule has 0 radical (unpaired) electrons. The molecule has 7 heteroatoms. The first-order chi connectivity index (χ1) is 11.2. The van der Waals surface area contributed by atoms with E-state index < -0.39 is 0 Å². The van der Waals surface area contributed by atoms with Crippen molar-refractivity contribution in [2.45, 2.75) is 31.3 Å². The monoisotopic (exact) mass is 346 g/mol. The Hall–Kier alpha value is -1.86. The predicted molar refractivity (Wildman–Crippen MR) is 94.1 cm³/mol. The number of nitrogens with zero attached hydrogens (tertiary/aromatic N) is 4. The van der Waals surface area contributed by atoms with Crippen molar-refractivity contribution in [1.82, 2.24) is 19.7 Å². The van der Waals surface area contributed by atoms with Gasteiger partial charge in [0.05, 0.1) is 23.4 Å². The summed E-state index contributed by atoms with van der Waals surface area (Å²) in [6, 6.07) is 7.88. The summed E-state index contributed by atoms with van der Waals surface area (Å²) >= 11 is 3.33. The first-order valence-corrected chi connectivity index (χ1v) is 9.19. The average molecular weight is 346 g/mol. The van der Waals surface area contributed by atoms with E-state index in [-0.39, 0.29) is 0 Å². The lowest BCUT2D eigenvalue weighted by atomic mass is 10.2. The van der Waals surface area contributed by atoms with Gasteiger partial charge in [0.1, 0.15) is 5.75 Å². The van der Waals surface area contributed by atoms with E-state index in [0.717, 1.165) is 45.3 Å². The van der Waals surface area contributed by atoms with E-state index in [1.807, 2.05) is 31.2 Å². The van der Waals surface area contributed by atoms with E-state index in [1.54, 1.807) is 30.2 Å². The second-order valence-electron chi connectivity index (χ2n) is 4.90. The minimum absolute atomic E-state index is 0.800. The highest BCUT2D eigenvalue weighted by molar-refractivity contribution is 7.98. The lowest BCUT2D eigenvalue weighted by Crippen LogP contribution is -2.01. The normalized spacial score (nSPS) is 10.9. The zero-order chi connectivity index (χ0) is 16.2. The van der Waals surface area contributed by atoms with Crippen LogP contribution in [0, 0.1) is 6.92 Å². The third kappa shape index (κ3) is 3.40. The van der Waals surface area contributed by atoms with Crippen LogP contribution in [0.1, 0.15) is 17.6 Å². The Kier molecular flexibility index (Phi) is 4.97. The molecule has 0 aliphatic carbocycles.